The Morgan fingerprint density at radius 1 is 1.38 bits per heavy atom. The van der Waals surface area contributed by atoms with E-state index in [1.54, 1.807) is 0 Å². The molecule has 16 heavy (non-hydrogen) atoms. The molecule has 1 aliphatic heterocycles. The fourth-order valence-electron chi connectivity index (χ4n) is 1.93. The normalized spacial score (nSPS) is 27.2. The molecule has 3 nitrogen and oxygen atoms in total. The standard InChI is InChI=1S/C12H23NO2S/c14-11(9-15-8-10-3-4-10)6-13-7-12-2-1-5-16-12/h10-14H,1-9H2. The van der Waals surface area contributed by atoms with Crippen LogP contribution in [0.4, 0.5) is 0 Å². The summed E-state index contributed by atoms with van der Waals surface area (Å²) in [6.07, 6.45) is 4.96. The predicted molar refractivity (Wildman–Crippen MR) is 67.9 cm³/mol. The van der Waals surface area contributed by atoms with Crippen LogP contribution >= 0.6 is 11.8 Å². The number of thioether (sulfide) groups is 1. The largest absolute Gasteiger partial charge is 0.389 e. The topological polar surface area (TPSA) is 41.5 Å². The van der Waals surface area contributed by atoms with Gasteiger partial charge in [0.2, 0.25) is 0 Å². The maximum absolute atomic E-state index is 9.66. The molecule has 0 aromatic rings. The van der Waals surface area contributed by atoms with Gasteiger partial charge in [0.15, 0.2) is 0 Å². The van der Waals surface area contributed by atoms with E-state index in [2.05, 4.69) is 5.32 Å². The first kappa shape index (κ1) is 12.7. The summed E-state index contributed by atoms with van der Waals surface area (Å²) < 4.78 is 5.45. The lowest BCUT2D eigenvalue weighted by molar-refractivity contribution is 0.0327. The molecule has 1 aliphatic carbocycles. The zero-order valence-electron chi connectivity index (χ0n) is 9.86. The van der Waals surface area contributed by atoms with Gasteiger partial charge < -0.3 is 15.2 Å². The van der Waals surface area contributed by atoms with Gasteiger partial charge in [-0.1, -0.05) is 0 Å². The number of aliphatic hydroxyl groups is 1. The first-order chi connectivity index (χ1) is 7.84. The van der Waals surface area contributed by atoms with Crippen molar-refractivity contribution in [1.29, 1.82) is 0 Å². The highest BCUT2D eigenvalue weighted by Gasteiger charge is 2.21. The first-order valence-corrected chi connectivity index (χ1v) is 7.47. The Hall–Kier alpha value is 0.230. The number of rotatable bonds is 8. The minimum Gasteiger partial charge on any atom is -0.389 e. The SMILES string of the molecule is OC(CNCC1CCCS1)COCC1CC1. The van der Waals surface area contributed by atoms with E-state index in [1.165, 1.54) is 31.4 Å². The van der Waals surface area contributed by atoms with Crippen LogP contribution in [-0.2, 0) is 4.74 Å². The molecule has 2 N–H and O–H groups in total. The average molecular weight is 245 g/mol. The van der Waals surface area contributed by atoms with Crippen molar-refractivity contribution < 1.29 is 9.84 Å². The second kappa shape index (κ2) is 6.84. The highest BCUT2D eigenvalue weighted by molar-refractivity contribution is 8.00. The van der Waals surface area contributed by atoms with Gasteiger partial charge in [-0.2, -0.15) is 11.8 Å². The molecule has 2 aliphatic rings. The molecule has 0 aromatic carbocycles. The van der Waals surface area contributed by atoms with E-state index in [4.69, 9.17) is 4.74 Å². The molecule has 0 radical (unpaired) electrons. The van der Waals surface area contributed by atoms with E-state index in [1.807, 2.05) is 11.8 Å². The zero-order chi connectivity index (χ0) is 11.2. The summed E-state index contributed by atoms with van der Waals surface area (Å²) in [5, 5.41) is 13.8. The van der Waals surface area contributed by atoms with Crippen LogP contribution in [0.1, 0.15) is 25.7 Å². The minimum absolute atomic E-state index is 0.342. The molecule has 0 amide bonds. The Morgan fingerprint density at radius 3 is 2.94 bits per heavy atom. The van der Waals surface area contributed by atoms with E-state index < -0.39 is 0 Å². The summed E-state index contributed by atoms with van der Waals surface area (Å²) in [7, 11) is 0. The van der Waals surface area contributed by atoms with Gasteiger partial charge in [0.05, 0.1) is 12.7 Å². The lowest BCUT2D eigenvalue weighted by Gasteiger charge is -2.14. The summed E-state index contributed by atoms with van der Waals surface area (Å²) in [6.45, 7) is 3.03. The zero-order valence-corrected chi connectivity index (χ0v) is 10.7. The molecule has 2 atom stereocenters. The highest BCUT2D eigenvalue weighted by Crippen LogP contribution is 2.28. The third kappa shape index (κ3) is 5.04. The second-order valence-electron chi connectivity index (χ2n) is 4.93. The van der Waals surface area contributed by atoms with Crippen molar-refractivity contribution in [1.82, 2.24) is 5.32 Å². The van der Waals surface area contributed by atoms with Gasteiger partial charge in [-0.05, 0) is 37.4 Å². The fourth-order valence-corrected chi connectivity index (χ4v) is 3.17. The quantitative estimate of drug-likeness (QED) is 0.675. The van der Waals surface area contributed by atoms with Crippen molar-refractivity contribution in [3.8, 4) is 0 Å². The maximum atomic E-state index is 9.66. The lowest BCUT2D eigenvalue weighted by atomic mass is 10.2. The molecule has 4 heteroatoms. The molecular formula is C12H23NO2S. The summed E-state index contributed by atoms with van der Waals surface area (Å²) in [4.78, 5) is 0. The van der Waals surface area contributed by atoms with E-state index >= 15 is 0 Å². The molecule has 94 valence electrons. The molecule has 1 saturated heterocycles. The number of nitrogens with one attached hydrogen (secondary N) is 1. The fraction of sp³-hybridized carbons (Fsp3) is 1.00. The Morgan fingerprint density at radius 2 is 2.25 bits per heavy atom. The van der Waals surface area contributed by atoms with Gasteiger partial charge in [-0.25, -0.2) is 0 Å². The van der Waals surface area contributed by atoms with E-state index in [0.717, 1.165) is 24.3 Å². The van der Waals surface area contributed by atoms with E-state index in [0.29, 0.717) is 13.2 Å². The summed E-state index contributed by atoms with van der Waals surface area (Å²) in [6, 6.07) is 0. The maximum Gasteiger partial charge on any atom is 0.0897 e. The number of ether oxygens (including phenoxy) is 1. The Balaban J connectivity index is 1.41. The number of hydrogen-bond donors (Lipinski definition) is 2. The van der Waals surface area contributed by atoms with Crippen molar-refractivity contribution in [3.63, 3.8) is 0 Å². The van der Waals surface area contributed by atoms with Gasteiger partial charge in [0.25, 0.3) is 0 Å². The van der Waals surface area contributed by atoms with Crippen LogP contribution in [0.15, 0.2) is 0 Å². The molecule has 1 saturated carbocycles. The molecule has 2 fully saturated rings. The molecule has 2 unspecified atom stereocenters. The monoisotopic (exact) mass is 245 g/mol. The molecule has 0 bridgehead atoms. The van der Waals surface area contributed by atoms with Crippen LogP contribution in [0, 0.1) is 5.92 Å². The van der Waals surface area contributed by atoms with Crippen LogP contribution < -0.4 is 5.32 Å². The van der Waals surface area contributed by atoms with E-state index in [9.17, 15) is 5.11 Å². The van der Waals surface area contributed by atoms with Gasteiger partial charge in [0, 0.05) is 24.9 Å². The van der Waals surface area contributed by atoms with Crippen molar-refractivity contribution in [2.75, 3.05) is 32.1 Å². The average Bonchev–Trinajstić information content (AvgIpc) is 2.94. The van der Waals surface area contributed by atoms with E-state index in [-0.39, 0.29) is 6.10 Å². The molecular weight excluding hydrogens is 222 g/mol. The van der Waals surface area contributed by atoms with Gasteiger partial charge in [-0.15, -0.1) is 0 Å². The Labute approximate surface area is 102 Å². The van der Waals surface area contributed by atoms with Crippen LogP contribution in [0.2, 0.25) is 0 Å². The molecule has 2 rings (SSSR count). The van der Waals surface area contributed by atoms with Crippen LogP contribution in [0.5, 0.6) is 0 Å². The van der Waals surface area contributed by atoms with Gasteiger partial charge in [0.1, 0.15) is 0 Å². The van der Waals surface area contributed by atoms with Gasteiger partial charge in [-0.3, -0.25) is 0 Å². The summed E-state index contributed by atoms with van der Waals surface area (Å²) >= 11 is 2.05. The van der Waals surface area contributed by atoms with Gasteiger partial charge >= 0.3 is 0 Å². The van der Waals surface area contributed by atoms with Crippen LogP contribution in [-0.4, -0.2) is 48.5 Å². The molecule has 1 heterocycles. The van der Waals surface area contributed by atoms with Crippen LogP contribution in [0.3, 0.4) is 0 Å². The third-order valence-corrected chi connectivity index (χ3v) is 4.53. The van der Waals surface area contributed by atoms with Crippen molar-refractivity contribution in [3.05, 3.63) is 0 Å². The minimum atomic E-state index is -0.342. The smallest absolute Gasteiger partial charge is 0.0897 e. The number of aliphatic hydroxyl groups excluding tert-OH is 1. The Bertz CT molecular complexity index is 193. The molecule has 0 aromatic heterocycles. The second-order valence-corrected chi connectivity index (χ2v) is 6.34. The summed E-state index contributed by atoms with van der Waals surface area (Å²) in [5.41, 5.74) is 0. The lowest BCUT2D eigenvalue weighted by Crippen LogP contribution is -2.34. The van der Waals surface area contributed by atoms with Crippen molar-refractivity contribution in [2.45, 2.75) is 37.0 Å². The summed E-state index contributed by atoms with van der Waals surface area (Å²) in [5.74, 6) is 2.09. The van der Waals surface area contributed by atoms with Crippen LogP contribution in [0.25, 0.3) is 0 Å². The molecule has 0 spiro atoms. The first-order valence-electron chi connectivity index (χ1n) is 6.42. The Kier molecular flexibility index (Phi) is 5.42. The predicted octanol–water partition coefficient (Wildman–Crippen LogP) is 1.26. The highest BCUT2D eigenvalue weighted by atomic mass is 32.2. The third-order valence-electron chi connectivity index (χ3n) is 3.14. The number of hydrogen-bond acceptors (Lipinski definition) is 4. The van der Waals surface area contributed by atoms with Crippen molar-refractivity contribution in [2.24, 2.45) is 5.92 Å². The van der Waals surface area contributed by atoms with Crippen molar-refractivity contribution >= 4 is 11.8 Å².